The van der Waals surface area contributed by atoms with E-state index < -0.39 is 0 Å². The van der Waals surface area contributed by atoms with Crippen molar-refractivity contribution >= 4 is 29.3 Å². The highest BCUT2D eigenvalue weighted by Crippen LogP contribution is 2.30. The monoisotopic (exact) mass is 393 g/mol. The normalized spacial score (nSPS) is 22.4. The third-order valence-electron chi connectivity index (χ3n) is 5.82. The number of nitrogens with one attached hydrogen (secondary N) is 2. The molecule has 0 aromatic carbocycles. The predicted molar refractivity (Wildman–Crippen MR) is 114 cm³/mol. The number of anilines is 2. The van der Waals surface area contributed by atoms with Gasteiger partial charge in [-0.25, -0.2) is 4.98 Å². The molecule has 152 valence electrons. The summed E-state index contributed by atoms with van der Waals surface area (Å²) in [5.74, 6) is 1.95. The number of amides is 1. The van der Waals surface area contributed by atoms with Gasteiger partial charge in [-0.3, -0.25) is 4.79 Å². The van der Waals surface area contributed by atoms with Crippen LogP contribution in [0.1, 0.15) is 31.2 Å². The largest absolute Gasteiger partial charge is 0.367 e. The van der Waals surface area contributed by atoms with Crippen molar-refractivity contribution in [2.45, 2.75) is 31.7 Å². The minimum absolute atomic E-state index is 0.0175. The fourth-order valence-corrected chi connectivity index (χ4v) is 3.94. The van der Waals surface area contributed by atoms with Gasteiger partial charge in [-0.15, -0.1) is 0 Å². The zero-order valence-electron chi connectivity index (χ0n) is 16.8. The van der Waals surface area contributed by atoms with Crippen molar-refractivity contribution in [1.29, 1.82) is 0 Å². The highest BCUT2D eigenvalue weighted by atomic mass is 16.1. The second-order valence-corrected chi connectivity index (χ2v) is 8.27. The molecule has 8 nitrogen and oxygen atoms in total. The average Bonchev–Trinajstić information content (AvgIpc) is 3.38. The molecule has 0 bridgehead atoms. The number of hydrogen-bond acceptors (Lipinski definition) is 6. The van der Waals surface area contributed by atoms with Crippen LogP contribution < -0.4 is 15.5 Å². The maximum atomic E-state index is 11.7. The van der Waals surface area contributed by atoms with Crippen LogP contribution >= 0.6 is 0 Å². The first-order valence-corrected chi connectivity index (χ1v) is 10.4. The maximum absolute atomic E-state index is 11.7. The Kier molecular flexibility index (Phi) is 4.50. The zero-order valence-corrected chi connectivity index (χ0v) is 16.8. The van der Waals surface area contributed by atoms with Crippen molar-refractivity contribution in [1.82, 2.24) is 24.8 Å². The molecule has 1 saturated carbocycles. The number of fused-ring (bicyclic) bond motifs is 1. The molecule has 5 rings (SSSR count). The van der Waals surface area contributed by atoms with Crippen molar-refractivity contribution in [3.8, 4) is 0 Å². The predicted octanol–water partition coefficient (Wildman–Crippen LogP) is 1.86. The second-order valence-electron chi connectivity index (χ2n) is 8.27. The Hall–Kier alpha value is -2.87. The molecule has 3 aliphatic rings. The Morgan fingerprint density at radius 2 is 2.14 bits per heavy atom. The smallest absolute Gasteiger partial charge is 0.228 e. The van der Waals surface area contributed by atoms with Crippen LogP contribution in [-0.4, -0.2) is 64.7 Å². The molecule has 2 saturated heterocycles. The van der Waals surface area contributed by atoms with Crippen molar-refractivity contribution in [3.05, 3.63) is 35.7 Å². The standard InChI is InChI=1S/C21H27N7O/c1-14-15(11-20(29)23-14)10-16-13-22-28-19(24-17-4-5-17)12-18(25-21(16)28)27-7-3-6-26(2)8-9-27/h10,12-13,17,24H,1,3-9,11H2,2H3,(H,23,29)/b15-10+. The highest BCUT2D eigenvalue weighted by molar-refractivity contribution is 5.89. The van der Waals surface area contributed by atoms with E-state index in [1.165, 1.54) is 12.8 Å². The summed E-state index contributed by atoms with van der Waals surface area (Å²) in [6, 6.07) is 2.64. The van der Waals surface area contributed by atoms with Gasteiger partial charge in [0, 0.05) is 43.0 Å². The fraction of sp³-hybridized carbons (Fsp3) is 0.476. The van der Waals surface area contributed by atoms with E-state index >= 15 is 0 Å². The van der Waals surface area contributed by atoms with Crippen LogP contribution in [0.4, 0.5) is 11.6 Å². The summed E-state index contributed by atoms with van der Waals surface area (Å²) < 4.78 is 1.88. The van der Waals surface area contributed by atoms with Crippen LogP contribution in [0.3, 0.4) is 0 Å². The summed E-state index contributed by atoms with van der Waals surface area (Å²) in [4.78, 5) is 21.4. The fourth-order valence-electron chi connectivity index (χ4n) is 3.94. The molecule has 2 aliphatic heterocycles. The quantitative estimate of drug-likeness (QED) is 0.826. The van der Waals surface area contributed by atoms with E-state index in [-0.39, 0.29) is 5.91 Å². The minimum atomic E-state index is -0.0175. The summed E-state index contributed by atoms with van der Waals surface area (Å²) in [5, 5.41) is 11.0. The first-order chi connectivity index (χ1) is 14.1. The van der Waals surface area contributed by atoms with Crippen LogP contribution in [0, 0.1) is 0 Å². The Balaban J connectivity index is 1.56. The molecule has 0 unspecified atom stereocenters. The van der Waals surface area contributed by atoms with Crippen molar-refractivity contribution in [3.63, 3.8) is 0 Å². The molecule has 29 heavy (non-hydrogen) atoms. The van der Waals surface area contributed by atoms with Crippen molar-refractivity contribution < 1.29 is 4.79 Å². The number of nitrogens with zero attached hydrogens (tertiary/aromatic N) is 5. The Morgan fingerprint density at radius 3 is 2.90 bits per heavy atom. The first-order valence-electron chi connectivity index (χ1n) is 10.4. The maximum Gasteiger partial charge on any atom is 0.228 e. The number of rotatable bonds is 4. The Labute approximate surface area is 170 Å². The van der Waals surface area contributed by atoms with E-state index in [1.807, 2.05) is 16.8 Å². The average molecular weight is 393 g/mol. The van der Waals surface area contributed by atoms with Crippen molar-refractivity contribution in [2.24, 2.45) is 0 Å². The van der Waals surface area contributed by atoms with Gasteiger partial charge in [-0.05, 0) is 44.5 Å². The van der Waals surface area contributed by atoms with Gasteiger partial charge < -0.3 is 20.4 Å². The zero-order chi connectivity index (χ0) is 20.0. The first kappa shape index (κ1) is 18.2. The third kappa shape index (κ3) is 3.72. The number of aromatic nitrogens is 3. The summed E-state index contributed by atoms with van der Waals surface area (Å²) >= 11 is 0. The molecule has 8 heteroatoms. The van der Waals surface area contributed by atoms with Gasteiger partial charge in [-0.2, -0.15) is 9.61 Å². The molecule has 0 atom stereocenters. The van der Waals surface area contributed by atoms with Gasteiger partial charge in [0.2, 0.25) is 5.91 Å². The van der Waals surface area contributed by atoms with E-state index in [2.05, 4.69) is 45.2 Å². The van der Waals surface area contributed by atoms with Gasteiger partial charge in [0.1, 0.15) is 11.6 Å². The molecule has 2 aromatic rings. The summed E-state index contributed by atoms with van der Waals surface area (Å²) in [5.41, 5.74) is 3.27. The molecule has 2 N–H and O–H groups in total. The molecule has 0 spiro atoms. The summed E-state index contributed by atoms with van der Waals surface area (Å²) in [7, 11) is 2.17. The molecule has 1 aliphatic carbocycles. The van der Waals surface area contributed by atoms with E-state index in [9.17, 15) is 4.79 Å². The lowest BCUT2D eigenvalue weighted by Crippen LogP contribution is -2.29. The second kappa shape index (κ2) is 7.18. The van der Waals surface area contributed by atoms with Gasteiger partial charge >= 0.3 is 0 Å². The molecule has 0 radical (unpaired) electrons. The van der Waals surface area contributed by atoms with Crippen molar-refractivity contribution in [2.75, 3.05) is 43.4 Å². The molecular weight excluding hydrogens is 366 g/mol. The van der Waals surface area contributed by atoms with Crippen LogP contribution in [0.5, 0.6) is 0 Å². The minimum Gasteiger partial charge on any atom is -0.367 e. The number of carbonyl (C=O) groups excluding carboxylic acids is 1. The van der Waals surface area contributed by atoms with Crippen LogP contribution in [0.25, 0.3) is 11.7 Å². The molecule has 3 fully saturated rings. The Morgan fingerprint density at radius 1 is 1.28 bits per heavy atom. The lowest BCUT2D eigenvalue weighted by molar-refractivity contribution is -0.118. The van der Waals surface area contributed by atoms with Gasteiger partial charge in [0.05, 0.1) is 12.6 Å². The van der Waals surface area contributed by atoms with Gasteiger partial charge in [0.25, 0.3) is 0 Å². The highest BCUT2D eigenvalue weighted by Gasteiger charge is 2.25. The van der Waals surface area contributed by atoms with E-state index in [0.717, 1.165) is 61.0 Å². The lowest BCUT2D eigenvalue weighted by atomic mass is 10.1. The van der Waals surface area contributed by atoms with Crippen LogP contribution in [0.2, 0.25) is 0 Å². The molecule has 4 heterocycles. The van der Waals surface area contributed by atoms with Gasteiger partial charge in [0.15, 0.2) is 5.65 Å². The summed E-state index contributed by atoms with van der Waals surface area (Å²) in [6.45, 7) is 8.04. The number of allylic oxidation sites excluding steroid dienone is 1. The van der Waals surface area contributed by atoms with E-state index in [4.69, 9.17) is 4.98 Å². The molecule has 1 amide bonds. The summed E-state index contributed by atoms with van der Waals surface area (Å²) in [6.07, 6.45) is 7.67. The van der Waals surface area contributed by atoms with E-state index in [0.29, 0.717) is 18.2 Å². The Bertz CT molecular complexity index is 1000. The third-order valence-corrected chi connectivity index (χ3v) is 5.82. The number of carbonyl (C=O) groups is 1. The van der Waals surface area contributed by atoms with Crippen LogP contribution in [0.15, 0.2) is 30.1 Å². The topological polar surface area (TPSA) is 77.8 Å². The number of hydrogen-bond donors (Lipinski definition) is 2. The molecule has 2 aromatic heterocycles. The van der Waals surface area contributed by atoms with E-state index in [1.54, 1.807) is 0 Å². The lowest BCUT2D eigenvalue weighted by Gasteiger charge is -2.23. The van der Waals surface area contributed by atoms with Crippen LogP contribution in [-0.2, 0) is 4.79 Å². The SMILES string of the molecule is C=C1NC(=O)C/C1=C\c1cnn2c(NC3CC3)cc(N3CCCN(C)CC3)nc12. The number of likely N-dealkylation sites (N-methyl/N-ethyl adjacent to an activating group) is 1. The molecular formula is C21H27N7O. The van der Waals surface area contributed by atoms with Gasteiger partial charge in [-0.1, -0.05) is 6.58 Å².